The van der Waals surface area contributed by atoms with Crippen molar-refractivity contribution in [3.05, 3.63) is 0 Å². The molecular weight excluding hydrogens is 168 g/mol. The van der Waals surface area contributed by atoms with Crippen molar-refractivity contribution in [1.82, 2.24) is 5.32 Å². The predicted molar refractivity (Wildman–Crippen MR) is 50.2 cm³/mol. The van der Waals surface area contributed by atoms with Gasteiger partial charge in [0, 0.05) is 19.8 Å². The molecule has 1 heterocycles. The standard InChI is InChI=1S/C9H18N2O2/c1-7(10)9(12)11-4-2-8-3-5-13-6-8/h7-8H,2-6,10H2,1H3,(H,11,12). The number of nitrogens with two attached hydrogens (primary N) is 1. The van der Waals surface area contributed by atoms with E-state index in [1.165, 1.54) is 0 Å². The smallest absolute Gasteiger partial charge is 0.236 e. The van der Waals surface area contributed by atoms with E-state index in [2.05, 4.69) is 5.32 Å². The Morgan fingerprint density at radius 1 is 1.77 bits per heavy atom. The van der Waals surface area contributed by atoms with Gasteiger partial charge in [-0.2, -0.15) is 0 Å². The van der Waals surface area contributed by atoms with Crippen LogP contribution in [0.5, 0.6) is 0 Å². The van der Waals surface area contributed by atoms with Crippen LogP contribution in [-0.4, -0.2) is 31.7 Å². The first-order valence-electron chi connectivity index (χ1n) is 4.81. The number of rotatable bonds is 4. The summed E-state index contributed by atoms with van der Waals surface area (Å²) in [5.74, 6) is 0.548. The molecule has 1 amide bonds. The van der Waals surface area contributed by atoms with Gasteiger partial charge in [-0.15, -0.1) is 0 Å². The molecule has 0 aromatic rings. The number of ether oxygens (including phenoxy) is 1. The van der Waals surface area contributed by atoms with Gasteiger partial charge in [0.15, 0.2) is 0 Å². The van der Waals surface area contributed by atoms with Crippen molar-refractivity contribution in [1.29, 1.82) is 0 Å². The maximum absolute atomic E-state index is 11.0. The highest BCUT2D eigenvalue weighted by Gasteiger charge is 2.15. The third kappa shape index (κ3) is 3.74. The van der Waals surface area contributed by atoms with E-state index in [0.29, 0.717) is 12.5 Å². The Hall–Kier alpha value is -0.610. The predicted octanol–water partition coefficient (Wildman–Crippen LogP) is -0.124. The second kappa shape index (κ2) is 5.19. The molecule has 1 fully saturated rings. The third-order valence-electron chi connectivity index (χ3n) is 2.29. The van der Waals surface area contributed by atoms with Gasteiger partial charge >= 0.3 is 0 Å². The monoisotopic (exact) mass is 186 g/mol. The summed E-state index contributed by atoms with van der Waals surface area (Å²) in [7, 11) is 0. The Balaban J connectivity index is 2.03. The zero-order valence-electron chi connectivity index (χ0n) is 8.08. The Kier molecular flexibility index (Phi) is 4.18. The van der Waals surface area contributed by atoms with Gasteiger partial charge in [0.25, 0.3) is 0 Å². The number of nitrogens with one attached hydrogen (secondary N) is 1. The molecule has 0 saturated carbocycles. The van der Waals surface area contributed by atoms with Crippen LogP contribution >= 0.6 is 0 Å². The van der Waals surface area contributed by atoms with Crippen LogP contribution in [0.1, 0.15) is 19.8 Å². The summed E-state index contributed by atoms with van der Waals surface area (Å²) in [5, 5.41) is 2.79. The van der Waals surface area contributed by atoms with Crippen LogP contribution in [0.2, 0.25) is 0 Å². The number of hydrogen-bond acceptors (Lipinski definition) is 3. The van der Waals surface area contributed by atoms with E-state index in [1.54, 1.807) is 6.92 Å². The van der Waals surface area contributed by atoms with Crippen molar-refractivity contribution in [3.8, 4) is 0 Å². The highest BCUT2D eigenvalue weighted by atomic mass is 16.5. The molecule has 4 nitrogen and oxygen atoms in total. The minimum atomic E-state index is -0.403. The van der Waals surface area contributed by atoms with Crippen molar-refractivity contribution in [3.63, 3.8) is 0 Å². The Morgan fingerprint density at radius 3 is 3.08 bits per heavy atom. The molecule has 1 saturated heterocycles. The fourth-order valence-electron chi connectivity index (χ4n) is 1.37. The van der Waals surface area contributed by atoms with Gasteiger partial charge in [-0.3, -0.25) is 4.79 Å². The van der Waals surface area contributed by atoms with Crippen LogP contribution < -0.4 is 11.1 Å². The van der Waals surface area contributed by atoms with E-state index in [1.807, 2.05) is 0 Å². The van der Waals surface area contributed by atoms with Gasteiger partial charge in [0.05, 0.1) is 6.04 Å². The fraction of sp³-hybridized carbons (Fsp3) is 0.889. The maximum Gasteiger partial charge on any atom is 0.236 e. The van der Waals surface area contributed by atoms with Gasteiger partial charge < -0.3 is 15.8 Å². The molecule has 1 rings (SSSR count). The van der Waals surface area contributed by atoms with Crippen LogP contribution in [0, 0.1) is 5.92 Å². The Morgan fingerprint density at radius 2 is 2.54 bits per heavy atom. The Labute approximate surface area is 78.8 Å². The molecule has 0 radical (unpaired) electrons. The zero-order chi connectivity index (χ0) is 9.68. The van der Waals surface area contributed by atoms with E-state index < -0.39 is 6.04 Å². The zero-order valence-corrected chi connectivity index (χ0v) is 8.08. The first-order chi connectivity index (χ1) is 6.20. The van der Waals surface area contributed by atoms with Crippen molar-refractivity contribution >= 4 is 5.91 Å². The highest BCUT2D eigenvalue weighted by molar-refractivity contribution is 5.80. The molecule has 0 spiro atoms. The van der Waals surface area contributed by atoms with E-state index in [0.717, 1.165) is 26.1 Å². The summed E-state index contributed by atoms with van der Waals surface area (Å²) in [6, 6.07) is -0.403. The Bertz CT molecular complexity index is 165. The largest absolute Gasteiger partial charge is 0.381 e. The molecule has 0 aromatic heterocycles. The van der Waals surface area contributed by atoms with Gasteiger partial charge in [0.1, 0.15) is 0 Å². The number of carbonyl (C=O) groups excluding carboxylic acids is 1. The van der Waals surface area contributed by atoms with Crippen LogP contribution in [-0.2, 0) is 9.53 Å². The second-order valence-corrected chi connectivity index (χ2v) is 3.60. The van der Waals surface area contributed by atoms with Crippen molar-refractivity contribution in [2.75, 3.05) is 19.8 Å². The van der Waals surface area contributed by atoms with Crippen molar-refractivity contribution < 1.29 is 9.53 Å². The lowest BCUT2D eigenvalue weighted by molar-refractivity contribution is -0.122. The van der Waals surface area contributed by atoms with Gasteiger partial charge in [0.2, 0.25) is 5.91 Å². The molecule has 2 atom stereocenters. The van der Waals surface area contributed by atoms with Crippen LogP contribution in [0.25, 0.3) is 0 Å². The first-order valence-corrected chi connectivity index (χ1v) is 4.81. The lowest BCUT2D eigenvalue weighted by Gasteiger charge is -2.10. The number of amides is 1. The fourth-order valence-corrected chi connectivity index (χ4v) is 1.37. The SMILES string of the molecule is CC(N)C(=O)NCCC1CCOC1. The van der Waals surface area contributed by atoms with Crippen LogP contribution in [0.15, 0.2) is 0 Å². The summed E-state index contributed by atoms with van der Waals surface area (Å²) < 4.78 is 5.22. The van der Waals surface area contributed by atoms with Crippen molar-refractivity contribution in [2.24, 2.45) is 11.7 Å². The highest BCUT2D eigenvalue weighted by Crippen LogP contribution is 2.14. The van der Waals surface area contributed by atoms with Crippen molar-refractivity contribution in [2.45, 2.75) is 25.8 Å². The van der Waals surface area contributed by atoms with E-state index >= 15 is 0 Å². The molecule has 4 heteroatoms. The van der Waals surface area contributed by atoms with Crippen LogP contribution in [0.3, 0.4) is 0 Å². The molecule has 1 aliphatic heterocycles. The minimum Gasteiger partial charge on any atom is -0.381 e. The summed E-state index contributed by atoms with van der Waals surface area (Å²) in [5.41, 5.74) is 5.39. The average molecular weight is 186 g/mol. The van der Waals surface area contributed by atoms with E-state index in [4.69, 9.17) is 10.5 Å². The molecule has 3 N–H and O–H groups in total. The minimum absolute atomic E-state index is 0.0704. The molecule has 0 bridgehead atoms. The topological polar surface area (TPSA) is 64.4 Å². The molecular formula is C9H18N2O2. The first kappa shape index (κ1) is 10.5. The summed E-state index contributed by atoms with van der Waals surface area (Å²) >= 11 is 0. The third-order valence-corrected chi connectivity index (χ3v) is 2.29. The average Bonchev–Trinajstić information content (AvgIpc) is 2.56. The maximum atomic E-state index is 11.0. The van der Waals surface area contributed by atoms with E-state index in [9.17, 15) is 4.79 Å². The molecule has 0 aliphatic carbocycles. The van der Waals surface area contributed by atoms with Gasteiger partial charge in [-0.1, -0.05) is 0 Å². The van der Waals surface area contributed by atoms with Gasteiger partial charge in [-0.25, -0.2) is 0 Å². The second-order valence-electron chi connectivity index (χ2n) is 3.60. The quantitative estimate of drug-likeness (QED) is 0.643. The number of hydrogen-bond donors (Lipinski definition) is 2. The summed E-state index contributed by atoms with van der Waals surface area (Å²) in [6.07, 6.45) is 2.12. The molecule has 76 valence electrons. The molecule has 2 unspecified atom stereocenters. The molecule has 0 aromatic carbocycles. The summed E-state index contributed by atoms with van der Waals surface area (Å²) in [6.45, 7) is 4.11. The van der Waals surface area contributed by atoms with E-state index in [-0.39, 0.29) is 5.91 Å². The molecule has 13 heavy (non-hydrogen) atoms. The lowest BCUT2D eigenvalue weighted by atomic mass is 10.1. The van der Waals surface area contributed by atoms with Crippen LogP contribution in [0.4, 0.5) is 0 Å². The lowest BCUT2D eigenvalue weighted by Crippen LogP contribution is -2.39. The summed E-state index contributed by atoms with van der Waals surface area (Å²) in [4.78, 5) is 11.0. The normalized spacial score (nSPS) is 24.3. The number of carbonyl (C=O) groups is 1. The molecule has 1 aliphatic rings. The van der Waals surface area contributed by atoms with Gasteiger partial charge in [-0.05, 0) is 25.7 Å².